The monoisotopic (exact) mass is 1110 g/mol. The summed E-state index contributed by atoms with van der Waals surface area (Å²) >= 11 is 0. The van der Waals surface area contributed by atoms with E-state index in [-0.39, 0.29) is 36.4 Å². The molecule has 11 rings (SSSR count). The van der Waals surface area contributed by atoms with E-state index < -0.39 is 59.4 Å². The Labute approximate surface area is 449 Å². The summed E-state index contributed by atoms with van der Waals surface area (Å²) in [6, 6.07) is 8.91. The molecule has 416 valence electrons. The molecule has 2 fully saturated rings. The van der Waals surface area contributed by atoms with Gasteiger partial charge in [-0.1, -0.05) is 6.92 Å². The molecule has 9 aromatic rings. The highest BCUT2D eigenvalue weighted by atomic mass is 19.4. The third-order valence-electron chi connectivity index (χ3n) is 13.1. The second-order valence-corrected chi connectivity index (χ2v) is 18.9. The van der Waals surface area contributed by atoms with E-state index in [0.29, 0.717) is 92.5 Å². The maximum atomic E-state index is 13.5. The van der Waals surface area contributed by atoms with Crippen LogP contribution in [0.2, 0.25) is 0 Å². The highest BCUT2D eigenvalue weighted by Gasteiger charge is 2.51. The van der Waals surface area contributed by atoms with Crippen molar-refractivity contribution in [2.24, 2.45) is 0 Å². The summed E-state index contributed by atoms with van der Waals surface area (Å²) in [5.74, 6) is -0.128. The summed E-state index contributed by atoms with van der Waals surface area (Å²) in [5, 5.41) is 18.1. The number of fused-ring (bicyclic) bond motifs is 3. The lowest BCUT2D eigenvalue weighted by atomic mass is 9.97. The van der Waals surface area contributed by atoms with Gasteiger partial charge in [-0.05, 0) is 82.3 Å². The molecule has 0 aliphatic heterocycles. The molecule has 0 bridgehead atoms. The number of halogens is 7. The van der Waals surface area contributed by atoms with E-state index in [9.17, 15) is 45.1 Å². The number of aromatic nitrogens is 12. The van der Waals surface area contributed by atoms with Gasteiger partial charge in [0.15, 0.2) is 17.5 Å². The zero-order chi connectivity index (χ0) is 56.8. The molecule has 1 atom stereocenters. The summed E-state index contributed by atoms with van der Waals surface area (Å²) in [4.78, 5) is 83.4. The quantitative estimate of drug-likeness (QED) is 0.0393. The Morgan fingerprint density at radius 2 is 0.988 bits per heavy atom. The SMILES string of the molecule is CCNC(=O)C1(Nc2ccnc(-c3c[nH]c4ncc(F)cc34)n2)CC1.CC[C@@](C)(Nc1ccnc(-c2c[nH]c3ncc(F)cc23)n1)C(=O)NCC(F)(F)F.O=C(NCCF)C1(Nc2ccnc(-c3c[nH]c4ncc(F)cc34)n2)CC1. The fourth-order valence-corrected chi connectivity index (χ4v) is 8.34. The first-order chi connectivity index (χ1) is 38.3. The molecule has 0 unspecified atom stereocenters. The molecule has 9 heterocycles. The lowest BCUT2D eigenvalue weighted by molar-refractivity contribution is -0.140. The average molecular weight is 1110 g/mol. The van der Waals surface area contributed by atoms with Crippen molar-refractivity contribution in [3.05, 3.63) is 110 Å². The minimum absolute atomic E-state index is 0.00874. The smallest absolute Gasteiger partial charge is 0.356 e. The van der Waals surface area contributed by atoms with Gasteiger partial charge in [0.1, 0.15) is 81.7 Å². The lowest BCUT2D eigenvalue weighted by Crippen LogP contribution is -2.52. The first-order valence-electron chi connectivity index (χ1n) is 25.0. The van der Waals surface area contributed by atoms with Gasteiger partial charge in [0, 0.05) is 83.1 Å². The molecule has 0 spiro atoms. The number of alkyl halides is 4. The molecule has 9 aromatic heterocycles. The molecule has 28 heteroatoms. The maximum Gasteiger partial charge on any atom is 0.405 e. The molecule has 2 saturated carbocycles. The number of likely N-dealkylation sites (N-methyl/N-ethyl adjacent to an activating group) is 1. The van der Waals surface area contributed by atoms with Crippen molar-refractivity contribution in [1.29, 1.82) is 0 Å². The molecule has 0 radical (unpaired) electrons. The van der Waals surface area contributed by atoms with Gasteiger partial charge >= 0.3 is 6.18 Å². The largest absolute Gasteiger partial charge is 0.405 e. The number of H-pyrrole nitrogens is 3. The van der Waals surface area contributed by atoms with Gasteiger partial charge in [-0.15, -0.1) is 0 Å². The molecule has 0 saturated heterocycles. The van der Waals surface area contributed by atoms with Crippen LogP contribution < -0.4 is 31.9 Å². The van der Waals surface area contributed by atoms with E-state index in [0.717, 1.165) is 31.4 Å². The van der Waals surface area contributed by atoms with Gasteiger partial charge in [-0.2, -0.15) is 13.2 Å². The number of nitrogens with zero attached hydrogens (tertiary/aromatic N) is 9. The van der Waals surface area contributed by atoms with Crippen LogP contribution in [0.15, 0.2) is 92.2 Å². The topological polar surface area (TPSA) is 287 Å². The first-order valence-corrected chi connectivity index (χ1v) is 25.0. The van der Waals surface area contributed by atoms with Gasteiger partial charge in [0.25, 0.3) is 0 Å². The standard InChI is InChI=1S/C18H18F4N6O.C17H16F2N6O.C17H17FN6O/c1-3-17(2,16(29)26-9-18(20,21)22)28-13-4-5-23-15(27-13)12-8-25-14-11(12)6-10(19)7-24-14;18-4-6-21-16(26)17(2-3-17)25-13-1-5-20-15(24-13)12-9-23-14-11(12)7-10(19)8-22-14;1-2-19-16(25)17(4-5-17)24-13-3-6-20-15(23-13)12-9-22-14-11(12)7-10(18)8-21-14/h4-8H,3,9H2,1-2H3,(H,24,25)(H,26,29)(H,23,27,28);1,5,7-9H,2-4,6H2,(H,21,26)(H,22,23)(H,20,24,25);3,6-9H,2,4-5H2,1H3,(H,19,25)(H,21,22)(H,20,23,24)/t17-;;/m1../s1. The number of hydrogen-bond donors (Lipinski definition) is 9. The van der Waals surface area contributed by atoms with Crippen molar-refractivity contribution in [3.63, 3.8) is 0 Å². The zero-order valence-electron chi connectivity index (χ0n) is 42.9. The first kappa shape index (κ1) is 55.4. The van der Waals surface area contributed by atoms with Crippen LogP contribution in [0.3, 0.4) is 0 Å². The second kappa shape index (κ2) is 22.9. The van der Waals surface area contributed by atoms with Crippen molar-refractivity contribution in [2.45, 2.75) is 75.7 Å². The van der Waals surface area contributed by atoms with Crippen LogP contribution in [0.1, 0.15) is 52.9 Å². The summed E-state index contributed by atoms with van der Waals surface area (Å²) in [6.45, 7) is 3.58. The Morgan fingerprint density at radius 1 is 0.588 bits per heavy atom. The minimum Gasteiger partial charge on any atom is -0.356 e. The number of amides is 3. The summed E-state index contributed by atoms with van der Waals surface area (Å²) < 4.78 is 90.1. The van der Waals surface area contributed by atoms with Crippen molar-refractivity contribution < 1.29 is 45.1 Å². The number of pyridine rings is 3. The van der Waals surface area contributed by atoms with Crippen LogP contribution in [0, 0.1) is 17.5 Å². The summed E-state index contributed by atoms with van der Waals surface area (Å²) in [7, 11) is 0. The Morgan fingerprint density at radius 3 is 1.36 bits per heavy atom. The number of rotatable bonds is 17. The molecule has 9 N–H and O–H groups in total. The predicted octanol–water partition coefficient (Wildman–Crippen LogP) is 7.85. The van der Waals surface area contributed by atoms with Gasteiger partial charge in [-0.25, -0.2) is 62.4 Å². The van der Waals surface area contributed by atoms with Crippen LogP contribution in [0.4, 0.5) is 48.2 Å². The number of carbonyl (C=O) groups excluding carboxylic acids is 3. The van der Waals surface area contributed by atoms with Crippen LogP contribution in [0.5, 0.6) is 0 Å². The Bertz CT molecular complexity index is 3710. The minimum atomic E-state index is -4.51. The molecular weight excluding hydrogens is 1060 g/mol. The number of anilines is 3. The van der Waals surface area contributed by atoms with Crippen LogP contribution in [-0.4, -0.2) is 127 Å². The van der Waals surface area contributed by atoms with E-state index >= 15 is 0 Å². The zero-order valence-corrected chi connectivity index (χ0v) is 42.9. The fourth-order valence-electron chi connectivity index (χ4n) is 8.34. The normalized spacial score (nSPS) is 14.6. The molecule has 2 aliphatic carbocycles. The summed E-state index contributed by atoms with van der Waals surface area (Å²) in [5.41, 5.74) is 0.654. The Hall–Kier alpha value is -9.37. The highest BCUT2D eigenvalue weighted by molar-refractivity contribution is 5.96. The molecular formula is C52H51F7N18O3. The third kappa shape index (κ3) is 12.6. The Kier molecular flexibility index (Phi) is 15.9. The number of nitrogens with one attached hydrogen (secondary N) is 9. The average Bonchev–Trinajstić information content (AvgIpc) is 4.25. The molecule has 21 nitrogen and oxygen atoms in total. The maximum absolute atomic E-state index is 13.5. The van der Waals surface area contributed by atoms with E-state index in [1.54, 1.807) is 50.0 Å². The number of hydrogen-bond acceptors (Lipinski definition) is 15. The van der Waals surface area contributed by atoms with E-state index in [1.807, 2.05) is 12.2 Å². The van der Waals surface area contributed by atoms with Crippen LogP contribution in [0.25, 0.3) is 67.3 Å². The van der Waals surface area contributed by atoms with Crippen LogP contribution in [-0.2, 0) is 14.4 Å². The van der Waals surface area contributed by atoms with Crippen molar-refractivity contribution in [3.8, 4) is 34.2 Å². The number of aromatic amines is 3. The highest BCUT2D eigenvalue weighted by Crippen LogP contribution is 2.40. The van der Waals surface area contributed by atoms with Crippen molar-refractivity contribution >= 4 is 68.3 Å². The van der Waals surface area contributed by atoms with E-state index in [4.69, 9.17) is 0 Å². The fraction of sp³-hybridized carbons (Fsp3) is 0.308. The van der Waals surface area contributed by atoms with Crippen molar-refractivity contribution in [1.82, 2.24) is 75.8 Å². The number of carbonyl (C=O) groups is 3. The molecule has 3 amide bonds. The summed E-state index contributed by atoms with van der Waals surface area (Å²) in [6.07, 6.45) is 11.4. The van der Waals surface area contributed by atoms with Gasteiger partial charge < -0.3 is 46.9 Å². The van der Waals surface area contributed by atoms with Crippen molar-refractivity contribution in [2.75, 3.05) is 42.3 Å². The van der Waals surface area contributed by atoms with Gasteiger partial charge in [-0.3, -0.25) is 14.4 Å². The van der Waals surface area contributed by atoms with Gasteiger partial charge in [0.2, 0.25) is 17.7 Å². The lowest BCUT2D eigenvalue weighted by Gasteiger charge is -2.29. The molecule has 2 aliphatic rings. The molecule has 0 aromatic carbocycles. The molecule has 80 heavy (non-hydrogen) atoms. The van der Waals surface area contributed by atoms with E-state index in [1.165, 1.54) is 37.4 Å². The third-order valence-corrected chi connectivity index (χ3v) is 13.1. The van der Waals surface area contributed by atoms with Gasteiger partial charge in [0.05, 0.1) is 18.6 Å². The predicted molar refractivity (Wildman–Crippen MR) is 281 cm³/mol. The second-order valence-electron chi connectivity index (χ2n) is 18.9. The van der Waals surface area contributed by atoms with Crippen LogP contribution >= 0.6 is 0 Å². The Balaban J connectivity index is 0.000000146. The van der Waals surface area contributed by atoms with E-state index in [2.05, 4.69) is 86.4 Å².